The molecule has 4 heteroatoms. The van der Waals surface area contributed by atoms with Gasteiger partial charge >= 0.3 is 0 Å². The minimum absolute atomic E-state index is 0.408. The third-order valence-corrected chi connectivity index (χ3v) is 3.43. The van der Waals surface area contributed by atoms with Gasteiger partial charge in [0, 0.05) is 23.0 Å². The molecule has 1 aromatic heterocycles. The molecule has 0 bridgehead atoms. The molecule has 0 saturated heterocycles. The molecule has 0 saturated carbocycles. The van der Waals surface area contributed by atoms with Gasteiger partial charge < -0.3 is 0 Å². The minimum atomic E-state index is 0.408. The Hall–Kier alpha value is -0.120. The van der Waals surface area contributed by atoms with Crippen LogP contribution >= 0.6 is 22.9 Å². The summed E-state index contributed by atoms with van der Waals surface area (Å²) in [5.41, 5.74) is 1.10. The number of alkyl halides is 1. The second-order valence-corrected chi connectivity index (χ2v) is 4.55. The Bertz CT molecular complexity index is 262. The van der Waals surface area contributed by atoms with Crippen molar-refractivity contribution in [2.45, 2.75) is 26.4 Å². The maximum Gasteiger partial charge on any atom is 0.107 e. The first-order chi connectivity index (χ1) is 6.13. The van der Waals surface area contributed by atoms with Crippen molar-refractivity contribution in [2.75, 3.05) is 12.9 Å². The summed E-state index contributed by atoms with van der Waals surface area (Å²) in [6.45, 7) is 5.03. The van der Waals surface area contributed by atoms with E-state index < -0.39 is 0 Å². The first kappa shape index (κ1) is 11.0. The molecule has 0 aromatic carbocycles. The number of halogens is 1. The van der Waals surface area contributed by atoms with Crippen molar-refractivity contribution in [3.63, 3.8) is 0 Å². The number of aromatic nitrogens is 1. The fraction of sp³-hybridized carbons (Fsp3) is 0.667. The van der Waals surface area contributed by atoms with Crippen molar-refractivity contribution in [3.8, 4) is 0 Å². The zero-order chi connectivity index (χ0) is 9.84. The van der Waals surface area contributed by atoms with Gasteiger partial charge in [-0.2, -0.15) is 0 Å². The largest absolute Gasteiger partial charge is 0.296 e. The van der Waals surface area contributed by atoms with E-state index >= 15 is 0 Å². The molecule has 0 aliphatic carbocycles. The van der Waals surface area contributed by atoms with Crippen LogP contribution in [-0.4, -0.2) is 28.9 Å². The Balaban J connectivity index is 2.49. The molecular formula is C9H15ClN2S. The highest BCUT2D eigenvalue weighted by Gasteiger charge is 2.09. The molecule has 1 heterocycles. The number of rotatable bonds is 4. The van der Waals surface area contributed by atoms with Crippen LogP contribution in [0.2, 0.25) is 0 Å². The zero-order valence-corrected chi connectivity index (χ0v) is 9.82. The molecule has 1 atom stereocenters. The van der Waals surface area contributed by atoms with Gasteiger partial charge in [0.15, 0.2) is 0 Å². The average Bonchev–Trinajstić information content (AvgIpc) is 2.49. The summed E-state index contributed by atoms with van der Waals surface area (Å²) in [5.74, 6) is 0.668. The quantitative estimate of drug-likeness (QED) is 0.722. The third kappa shape index (κ3) is 3.25. The molecule has 0 N–H and O–H groups in total. The molecule has 13 heavy (non-hydrogen) atoms. The van der Waals surface area contributed by atoms with Crippen molar-refractivity contribution >= 4 is 22.9 Å². The van der Waals surface area contributed by atoms with Crippen molar-refractivity contribution in [1.29, 1.82) is 0 Å². The molecule has 0 fully saturated rings. The predicted octanol–water partition coefficient (Wildman–Crippen LogP) is 2.51. The lowest BCUT2D eigenvalue weighted by atomic mass is 10.3. The number of nitrogens with zero attached hydrogens (tertiary/aromatic N) is 2. The lowest BCUT2D eigenvalue weighted by Gasteiger charge is -2.21. The van der Waals surface area contributed by atoms with Crippen molar-refractivity contribution in [2.24, 2.45) is 0 Å². The van der Waals surface area contributed by atoms with Crippen molar-refractivity contribution in [1.82, 2.24) is 9.88 Å². The van der Waals surface area contributed by atoms with E-state index in [4.69, 9.17) is 11.6 Å². The number of thiazole rings is 1. The van der Waals surface area contributed by atoms with Crippen LogP contribution in [0.25, 0.3) is 0 Å². The van der Waals surface area contributed by atoms with Gasteiger partial charge in [-0.05, 0) is 20.9 Å². The Labute approximate surface area is 88.5 Å². The van der Waals surface area contributed by atoms with Gasteiger partial charge in [0.05, 0.1) is 6.54 Å². The Morgan fingerprint density at radius 2 is 2.38 bits per heavy atom. The predicted molar refractivity (Wildman–Crippen MR) is 58.5 cm³/mol. The van der Waals surface area contributed by atoms with Crippen LogP contribution in [0.15, 0.2) is 5.38 Å². The lowest BCUT2D eigenvalue weighted by Crippen LogP contribution is -2.29. The van der Waals surface area contributed by atoms with Crippen LogP contribution in [-0.2, 0) is 6.54 Å². The number of aryl methyl sites for hydroxylation is 1. The number of hydrogen-bond acceptors (Lipinski definition) is 3. The molecule has 1 aromatic rings. The van der Waals surface area contributed by atoms with Crippen LogP contribution in [0.5, 0.6) is 0 Å². The Morgan fingerprint density at radius 3 is 2.85 bits per heavy atom. The standard InChI is InChI=1S/C9H15ClN2S/c1-7-6-13-9(11-7)5-12(3)8(2)4-10/h6,8H,4-5H2,1-3H3. The van der Waals surface area contributed by atoms with Crippen LogP contribution in [0, 0.1) is 6.92 Å². The summed E-state index contributed by atoms with van der Waals surface area (Å²) in [6.07, 6.45) is 0. The second kappa shape index (κ2) is 4.94. The van der Waals surface area contributed by atoms with Gasteiger partial charge in [-0.3, -0.25) is 4.90 Å². The molecule has 1 unspecified atom stereocenters. The average molecular weight is 219 g/mol. The molecule has 0 spiro atoms. The maximum absolute atomic E-state index is 5.76. The maximum atomic E-state index is 5.76. The van der Waals surface area contributed by atoms with Crippen LogP contribution in [0.3, 0.4) is 0 Å². The van der Waals surface area contributed by atoms with Gasteiger partial charge in [0.1, 0.15) is 5.01 Å². The highest BCUT2D eigenvalue weighted by Crippen LogP contribution is 2.12. The summed E-state index contributed by atoms with van der Waals surface area (Å²) in [7, 11) is 2.07. The topological polar surface area (TPSA) is 16.1 Å². The highest BCUT2D eigenvalue weighted by atomic mass is 35.5. The fourth-order valence-electron chi connectivity index (χ4n) is 0.962. The van der Waals surface area contributed by atoms with E-state index in [1.54, 1.807) is 11.3 Å². The molecular weight excluding hydrogens is 204 g/mol. The summed E-state index contributed by atoms with van der Waals surface area (Å²) in [6, 6.07) is 0.408. The normalized spacial score (nSPS) is 13.6. The summed E-state index contributed by atoms with van der Waals surface area (Å²) in [5, 5.41) is 3.24. The van der Waals surface area contributed by atoms with Crippen LogP contribution in [0.1, 0.15) is 17.6 Å². The van der Waals surface area contributed by atoms with Crippen LogP contribution < -0.4 is 0 Å². The molecule has 0 aliphatic rings. The molecule has 0 aliphatic heterocycles. The Kier molecular flexibility index (Phi) is 4.16. The first-order valence-electron chi connectivity index (χ1n) is 4.30. The molecule has 74 valence electrons. The monoisotopic (exact) mass is 218 g/mol. The zero-order valence-electron chi connectivity index (χ0n) is 8.25. The second-order valence-electron chi connectivity index (χ2n) is 3.30. The molecule has 2 nitrogen and oxygen atoms in total. The van der Waals surface area contributed by atoms with E-state index in [1.165, 1.54) is 0 Å². The van der Waals surface area contributed by atoms with Gasteiger partial charge in [0.25, 0.3) is 0 Å². The van der Waals surface area contributed by atoms with E-state index in [1.807, 2.05) is 6.92 Å². The van der Waals surface area contributed by atoms with Gasteiger partial charge in [-0.1, -0.05) is 0 Å². The Morgan fingerprint density at radius 1 is 1.69 bits per heavy atom. The molecule has 0 amide bonds. The smallest absolute Gasteiger partial charge is 0.107 e. The first-order valence-corrected chi connectivity index (χ1v) is 5.72. The van der Waals surface area contributed by atoms with E-state index in [2.05, 4.69) is 29.2 Å². The summed E-state index contributed by atoms with van der Waals surface area (Å²) >= 11 is 7.47. The number of hydrogen-bond donors (Lipinski definition) is 0. The summed E-state index contributed by atoms with van der Waals surface area (Å²) in [4.78, 5) is 6.61. The van der Waals surface area contributed by atoms with E-state index in [0.717, 1.165) is 17.2 Å². The fourth-order valence-corrected chi connectivity index (χ4v) is 2.03. The lowest BCUT2D eigenvalue weighted by molar-refractivity contribution is 0.268. The van der Waals surface area contributed by atoms with Crippen molar-refractivity contribution in [3.05, 3.63) is 16.1 Å². The molecule has 1 rings (SSSR count). The highest BCUT2D eigenvalue weighted by molar-refractivity contribution is 7.09. The minimum Gasteiger partial charge on any atom is -0.296 e. The third-order valence-electron chi connectivity index (χ3n) is 2.03. The van der Waals surface area contributed by atoms with E-state index in [9.17, 15) is 0 Å². The van der Waals surface area contributed by atoms with E-state index in [-0.39, 0.29) is 0 Å². The van der Waals surface area contributed by atoms with E-state index in [0.29, 0.717) is 11.9 Å². The van der Waals surface area contributed by atoms with Crippen molar-refractivity contribution < 1.29 is 0 Å². The van der Waals surface area contributed by atoms with Gasteiger partial charge in [-0.25, -0.2) is 4.98 Å². The summed E-state index contributed by atoms with van der Waals surface area (Å²) < 4.78 is 0. The van der Waals surface area contributed by atoms with Gasteiger partial charge in [0.2, 0.25) is 0 Å². The van der Waals surface area contributed by atoms with Gasteiger partial charge in [-0.15, -0.1) is 22.9 Å². The SMILES string of the molecule is Cc1csc(CN(C)C(C)CCl)n1. The molecule has 0 radical (unpaired) electrons. The van der Waals surface area contributed by atoms with Crippen LogP contribution in [0.4, 0.5) is 0 Å².